The zero-order valence-corrected chi connectivity index (χ0v) is 19.3. The highest BCUT2D eigenvalue weighted by atomic mass is 16.4. The fourth-order valence-electron chi connectivity index (χ4n) is 5.35. The summed E-state index contributed by atoms with van der Waals surface area (Å²) in [6.07, 6.45) is 3.09. The third-order valence-corrected chi connectivity index (χ3v) is 7.24. The van der Waals surface area contributed by atoms with Gasteiger partial charge in [0.05, 0.1) is 22.9 Å². The summed E-state index contributed by atoms with van der Waals surface area (Å²) >= 11 is 0. The number of fused-ring (bicyclic) bond motifs is 1. The predicted molar refractivity (Wildman–Crippen MR) is 131 cm³/mol. The smallest absolute Gasteiger partial charge is 0.336 e. The first kappa shape index (κ1) is 22.0. The Balaban J connectivity index is 1.45. The van der Waals surface area contributed by atoms with Gasteiger partial charge in [-0.3, -0.25) is 14.7 Å². The highest BCUT2D eigenvalue weighted by Crippen LogP contribution is 2.31. The number of carbonyl (C=O) groups is 1. The SMILES string of the molecule is CC(N1CCCC1)N1CCN(Cc2c(-c3ccccc3)nc3ccccc3c2C(=O)O)CC1. The average Bonchev–Trinajstić information content (AvgIpc) is 3.39. The molecule has 2 saturated heterocycles. The Morgan fingerprint density at radius 1 is 0.909 bits per heavy atom. The molecule has 6 nitrogen and oxygen atoms in total. The van der Waals surface area contributed by atoms with Crippen LogP contribution in [0.4, 0.5) is 0 Å². The number of hydrogen-bond acceptors (Lipinski definition) is 5. The maximum Gasteiger partial charge on any atom is 0.336 e. The summed E-state index contributed by atoms with van der Waals surface area (Å²) in [4.78, 5) is 25.0. The van der Waals surface area contributed by atoms with Gasteiger partial charge in [0, 0.05) is 49.2 Å². The summed E-state index contributed by atoms with van der Waals surface area (Å²) in [6.45, 7) is 9.18. The Morgan fingerprint density at radius 2 is 1.55 bits per heavy atom. The minimum atomic E-state index is -0.887. The number of nitrogens with zero attached hydrogens (tertiary/aromatic N) is 4. The normalized spacial score (nSPS) is 19.2. The monoisotopic (exact) mass is 444 g/mol. The van der Waals surface area contributed by atoms with Gasteiger partial charge in [-0.1, -0.05) is 48.5 Å². The van der Waals surface area contributed by atoms with Crippen LogP contribution in [0.5, 0.6) is 0 Å². The molecule has 1 N–H and O–H groups in total. The van der Waals surface area contributed by atoms with E-state index in [1.54, 1.807) is 0 Å². The number of aromatic carboxylic acids is 1. The summed E-state index contributed by atoms with van der Waals surface area (Å²) in [5.41, 5.74) is 3.66. The lowest BCUT2D eigenvalue weighted by Gasteiger charge is -2.41. The molecule has 172 valence electrons. The number of para-hydroxylation sites is 1. The van der Waals surface area contributed by atoms with Crippen LogP contribution in [0, 0.1) is 0 Å². The molecule has 2 aliphatic rings. The molecule has 2 aromatic carbocycles. The van der Waals surface area contributed by atoms with E-state index >= 15 is 0 Å². The number of rotatable bonds is 6. The first-order chi connectivity index (χ1) is 16.1. The number of likely N-dealkylation sites (tertiary alicyclic amines) is 1. The number of benzene rings is 2. The fraction of sp³-hybridized carbons (Fsp3) is 0.407. The van der Waals surface area contributed by atoms with Crippen LogP contribution >= 0.6 is 0 Å². The van der Waals surface area contributed by atoms with E-state index in [-0.39, 0.29) is 0 Å². The summed E-state index contributed by atoms with van der Waals surface area (Å²) in [7, 11) is 0. The molecule has 2 aliphatic heterocycles. The predicted octanol–water partition coefficient (Wildman–Crippen LogP) is 4.16. The minimum absolute atomic E-state index is 0.382. The molecule has 1 unspecified atom stereocenters. The average molecular weight is 445 g/mol. The van der Waals surface area contributed by atoms with Gasteiger partial charge >= 0.3 is 5.97 Å². The molecule has 0 radical (unpaired) electrons. The van der Waals surface area contributed by atoms with Gasteiger partial charge in [0.15, 0.2) is 0 Å². The van der Waals surface area contributed by atoms with Gasteiger partial charge in [-0.25, -0.2) is 9.78 Å². The zero-order valence-electron chi connectivity index (χ0n) is 19.3. The number of carboxylic acids is 1. The van der Waals surface area contributed by atoms with Crippen LogP contribution in [0.2, 0.25) is 0 Å². The van der Waals surface area contributed by atoms with Crippen LogP contribution in [0.1, 0.15) is 35.7 Å². The van der Waals surface area contributed by atoms with Gasteiger partial charge in [-0.05, 0) is 38.9 Å². The van der Waals surface area contributed by atoms with Gasteiger partial charge < -0.3 is 5.11 Å². The third kappa shape index (κ3) is 4.51. The fourth-order valence-corrected chi connectivity index (χ4v) is 5.35. The lowest BCUT2D eigenvalue weighted by molar-refractivity contribution is 0.0269. The van der Waals surface area contributed by atoms with Crippen molar-refractivity contribution in [1.82, 2.24) is 19.7 Å². The summed E-state index contributed by atoms with van der Waals surface area (Å²) in [5, 5.41) is 10.9. The maximum atomic E-state index is 12.5. The Hall–Kier alpha value is -2.80. The minimum Gasteiger partial charge on any atom is -0.478 e. The van der Waals surface area contributed by atoms with Crippen molar-refractivity contribution in [2.24, 2.45) is 0 Å². The Bertz CT molecular complexity index is 1120. The van der Waals surface area contributed by atoms with Crippen molar-refractivity contribution in [3.63, 3.8) is 0 Å². The van der Waals surface area contributed by atoms with Crippen molar-refractivity contribution in [3.05, 3.63) is 65.7 Å². The van der Waals surface area contributed by atoms with E-state index in [9.17, 15) is 9.90 Å². The van der Waals surface area contributed by atoms with Gasteiger partial charge in [-0.15, -0.1) is 0 Å². The first-order valence-corrected chi connectivity index (χ1v) is 12.0. The molecular formula is C27H32N4O2. The van der Waals surface area contributed by atoms with Crippen molar-refractivity contribution < 1.29 is 9.90 Å². The number of hydrogen-bond donors (Lipinski definition) is 1. The van der Waals surface area contributed by atoms with Crippen molar-refractivity contribution >= 4 is 16.9 Å². The molecule has 2 fully saturated rings. The molecule has 0 spiro atoms. The molecule has 6 heteroatoms. The quantitative estimate of drug-likeness (QED) is 0.616. The molecule has 0 bridgehead atoms. The van der Waals surface area contributed by atoms with Crippen LogP contribution in [-0.2, 0) is 6.54 Å². The van der Waals surface area contributed by atoms with Gasteiger partial charge in [-0.2, -0.15) is 0 Å². The Kier molecular flexibility index (Phi) is 6.40. The first-order valence-electron chi connectivity index (χ1n) is 12.0. The van der Waals surface area contributed by atoms with Crippen LogP contribution < -0.4 is 0 Å². The van der Waals surface area contributed by atoms with E-state index in [0.29, 0.717) is 23.7 Å². The summed E-state index contributed by atoms with van der Waals surface area (Å²) in [6, 6.07) is 17.5. The molecule has 1 aromatic heterocycles. The largest absolute Gasteiger partial charge is 0.478 e. The van der Waals surface area contributed by atoms with E-state index < -0.39 is 5.97 Å². The molecule has 0 saturated carbocycles. The van der Waals surface area contributed by atoms with Crippen molar-refractivity contribution in [3.8, 4) is 11.3 Å². The molecule has 3 aromatic rings. The molecule has 0 aliphatic carbocycles. The molecule has 1 atom stereocenters. The second kappa shape index (κ2) is 9.59. The molecule has 3 heterocycles. The Labute approximate surface area is 195 Å². The maximum absolute atomic E-state index is 12.5. The molecule has 0 amide bonds. The second-order valence-corrected chi connectivity index (χ2v) is 9.19. The Morgan fingerprint density at radius 3 is 2.24 bits per heavy atom. The van der Waals surface area contributed by atoms with E-state index in [4.69, 9.17) is 4.98 Å². The van der Waals surface area contributed by atoms with E-state index in [1.807, 2.05) is 54.6 Å². The highest BCUT2D eigenvalue weighted by molar-refractivity contribution is 6.05. The van der Waals surface area contributed by atoms with Crippen molar-refractivity contribution in [1.29, 1.82) is 0 Å². The summed E-state index contributed by atoms with van der Waals surface area (Å²) < 4.78 is 0. The molecular weight excluding hydrogens is 412 g/mol. The van der Waals surface area contributed by atoms with Crippen LogP contribution in [-0.4, -0.2) is 76.2 Å². The lowest BCUT2D eigenvalue weighted by Crippen LogP contribution is -2.54. The number of pyridine rings is 1. The van der Waals surface area contributed by atoms with Crippen LogP contribution in [0.15, 0.2) is 54.6 Å². The van der Waals surface area contributed by atoms with Crippen molar-refractivity contribution in [2.75, 3.05) is 39.3 Å². The zero-order chi connectivity index (χ0) is 22.8. The number of piperazine rings is 1. The number of carboxylic acid groups (broad SMARTS) is 1. The van der Waals surface area contributed by atoms with Gasteiger partial charge in [0.1, 0.15) is 0 Å². The number of aromatic nitrogens is 1. The van der Waals surface area contributed by atoms with E-state index in [1.165, 1.54) is 25.9 Å². The van der Waals surface area contributed by atoms with Crippen molar-refractivity contribution in [2.45, 2.75) is 32.5 Å². The highest BCUT2D eigenvalue weighted by Gasteiger charge is 2.28. The van der Waals surface area contributed by atoms with Gasteiger partial charge in [0.25, 0.3) is 0 Å². The van der Waals surface area contributed by atoms with Crippen LogP contribution in [0.25, 0.3) is 22.2 Å². The molecule has 33 heavy (non-hydrogen) atoms. The topological polar surface area (TPSA) is 59.9 Å². The van der Waals surface area contributed by atoms with Gasteiger partial charge in [0.2, 0.25) is 0 Å². The third-order valence-electron chi connectivity index (χ3n) is 7.24. The standard InChI is InChI=1S/C27H32N4O2/c1-20(30-13-7-8-14-30)31-17-15-29(16-18-31)19-23-25(27(32)33)22-11-5-6-12-24(22)28-26(23)21-9-3-2-4-10-21/h2-6,9-12,20H,7-8,13-19H2,1H3,(H,32,33). The summed E-state index contributed by atoms with van der Waals surface area (Å²) in [5.74, 6) is -0.887. The van der Waals surface area contributed by atoms with Crippen LogP contribution in [0.3, 0.4) is 0 Å². The molecule has 5 rings (SSSR count). The second-order valence-electron chi connectivity index (χ2n) is 9.19. The van der Waals surface area contributed by atoms with E-state index in [0.717, 1.165) is 48.5 Å². The van der Waals surface area contributed by atoms with E-state index in [2.05, 4.69) is 21.6 Å². The lowest BCUT2D eigenvalue weighted by atomic mass is 9.96.